The highest BCUT2D eigenvalue weighted by molar-refractivity contribution is 6.32. The van der Waals surface area contributed by atoms with Crippen molar-refractivity contribution in [3.63, 3.8) is 0 Å². The maximum Gasteiger partial charge on any atom is 0.203 e. The van der Waals surface area contributed by atoms with Gasteiger partial charge in [-0.3, -0.25) is 14.4 Å². The van der Waals surface area contributed by atoms with E-state index >= 15 is 0 Å². The lowest BCUT2D eigenvalue weighted by atomic mass is 9.64. The summed E-state index contributed by atoms with van der Waals surface area (Å²) in [7, 11) is 4.54. The number of Topliss-reactive ketones (excluding diaryl/α,β-unsaturated/α-hetero) is 3. The third-order valence-electron chi connectivity index (χ3n) is 9.11. The van der Waals surface area contributed by atoms with E-state index in [9.17, 15) is 14.4 Å². The van der Waals surface area contributed by atoms with Gasteiger partial charge in [0.05, 0.1) is 27.4 Å². The van der Waals surface area contributed by atoms with Crippen LogP contribution in [0.2, 0.25) is 0 Å². The number of ether oxygens (including phenoxy) is 3. The molecule has 1 fully saturated rings. The molecule has 0 unspecified atom stereocenters. The van der Waals surface area contributed by atoms with E-state index in [1.165, 1.54) is 21.3 Å². The Morgan fingerprint density at radius 3 is 2.00 bits per heavy atom. The average molecular weight is 572 g/mol. The van der Waals surface area contributed by atoms with Gasteiger partial charge in [-0.25, -0.2) is 0 Å². The second-order valence-electron chi connectivity index (χ2n) is 10.9. The molecule has 43 heavy (non-hydrogen) atoms. The van der Waals surface area contributed by atoms with Crippen LogP contribution in [0.5, 0.6) is 17.2 Å². The van der Waals surface area contributed by atoms with Crippen molar-refractivity contribution in [2.75, 3.05) is 26.2 Å². The van der Waals surface area contributed by atoms with E-state index in [0.29, 0.717) is 39.5 Å². The summed E-state index contributed by atoms with van der Waals surface area (Å²) >= 11 is 0. The van der Waals surface area contributed by atoms with Crippen LogP contribution in [0.25, 0.3) is 6.08 Å². The van der Waals surface area contributed by atoms with Gasteiger partial charge in [-0.2, -0.15) is 0 Å². The molecule has 1 aliphatic carbocycles. The number of ketones is 3. The molecule has 4 aromatic carbocycles. The Balaban J connectivity index is 1.59. The van der Waals surface area contributed by atoms with Crippen molar-refractivity contribution in [2.24, 2.45) is 5.41 Å². The van der Waals surface area contributed by atoms with Crippen LogP contribution in [0.15, 0.2) is 97.1 Å². The van der Waals surface area contributed by atoms with Gasteiger partial charge in [-0.15, -0.1) is 0 Å². The van der Waals surface area contributed by atoms with E-state index in [2.05, 4.69) is 0 Å². The number of methoxy groups -OCH3 is 3. The molecule has 0 saturated carbocycles. The van der Waals surface area contributed by atoms with Crippen molar-refractivity contribution in [1.29, 1.82) is 0 Å². The zero-order valence-electron chi connectivity index (χ0n) is 23.9. The highest BCUT2D eigenvalue weighted by Gasteiger charge is 2.72. The van der Waals surface area contributed by atoms with Crippen molar-refractivity contribution in [3.8, 4) is 17.2 Å². The number of hydrogen-bond acceptors (Lipinski definition) is 7. The summed E-state index contributed by atoms with van der Waals surface area (Å²) in [5.41, 5.74) is 1.74. The van der Waals surface area contributed by atoms with E-state index in [-0.39, 0.29) is 17.3 Å². The number of anilines is 1. The van der Waals surface area contributed by atoms with Gasteiger partial charge in [0.1, 0.15) is 11.5 Å². The Kier molecular flexibility index (Phi) is 6.20. The van der Waals surface area contributed by atoms with Gasteiger partial charge in [0.25, 0.3) is 0 Å². The first-order chi connectivity index (χ1) is 21.0. The molecule has 0 bridgehead atoms. The molecule has 7 nitrogen and oxygen atoms in total. The highest BCUT2D eigenvalue weighted by atomic mass is 16.5. The molecule has 0 N–H and O–H groups in total. The van der Waals surface area contributed by atoms with Crippen molar-refractivity contribution >= 4 is 29.1 Å². The highest BCUT2D eigenvalue weighted by Crippen LogP contribution is 2.63. The summed E-state index contributed by atoms with van der Waals surface area (Å²) in [5.74, 6) is -0.703. The van der Waals surface area contributed by atoms with Gasteiger partial charge in [0, 0.05) is 33.9 Å². The number of benzene rings is 4. The first-order valence-electron chi connectivity index (χ1n) is 14.1. The monoisotopic (exact) mass is 571 g/mol. The zero-order chi connectivity index (χ0) is 29.9. The van der Waals surface area contributed by atoms with Gasteiger partial charge in [-0.05, 0) is 17.7 Å². The van der Waals surface area contributed by atoms with Crippen molar-refractivity contribution < 1.29 is 28.6 Å². The molecule has 7 rings (SSSR count). The van der Waals surface area contributed by atoms with Gasteiger partial charge in [0.15, 0.2) is 28.8 Å². The third kappa shape index (κ3) is 3.51. The Morgan fingerprint density at radius 2 is 1.35 bits per heavy atom. The minimum Gasteiger partial charge on any atom is -0.493 e. The summed E-state index contributed by atoms with van der Waals surface area (Å²) in [4.78, 5) is 46.5. The predicted molar refractivity (Wildman–Crippen MR) is 163 cm³/mol. The molecule has 1 spiro atoms. The molecule has 0 radical (unpaired) electrons. The van der Waals surface area contributed by atoms with E-state index in [1.807, 2.05) is 59.5 Å². The smallest absolute Gasteiger partial charge is 0.203 e. The summed E-state index contributed by atoms with van der Waals surface area (Å²) in [5, 5.41) is 0. The molecular formula is C36H29NO6. The maximum atomic E-state index is 14.9. The Morgan fingerprint density at radius 1 is 0.721 bits per heavy atom. The van der Waals surface area contributed by atoms with Crippen molar-refractivity contribution in [1.82, 2.24) is 0 Å². The number of carbonyl (C=O) groups is 3. The molecule has 214 valence electrons. The second kappa shape index (κ2) is 9.98. The van der Waals surface area contributed by atoms with Crippen LogP contribution < -0.4 is 19.1 Å². The lowest BCUT2D eigenvalue weighted by Gasteiger charge is -2.37. The zero-order valence-corrected chi connectivity index (χ0v) is 23.9. The number of para-hydroxylation sites is 1. The van der Waals surface area contributed by atoms with Crippen LogP contribution in [0.3, 0.4) is 0 Å². The normalized spacial score (nSPS) is 20.9. The van der Waals surface area contributed by atoms with Gasteiger partial charge < -0.3 is 19.1 Å². The quantitative estimate of drug-likeness (QED) is 0.207. The maximum absolute atomic E-state index is 14.9. The Bertz CT molecular complexity index is 1790. The van der Waals surface area contributed by atoms with Gasteiger partial charge in [0.2, 0.25) is 5.75 Å². The van der Waals surface area contributed by atoms with Crippen LogP contribution in [-0.4, -0.2) is 50.8 Å². The van der Waals surface area contributed by atoms with E-state index in [1.54, 1.807) is 48.5 Å². The number of carbonyl (C=O) groups excluding carboxylic acids is 3. The third-order valence-corrected chi connectivity index (χ3v) is 9.11. The van der Waals surface area contributed by atoms with Crippen LogP contribution in [-0.2, 0) is 0 Å². The fourth-order valence-electron chi connectivity index (χ4n) is 7.40. The molecule has 2 heterocycles. The molecule has 3 atom stereocenters. The van der Waals surface area contributed by atoms with E-state index in [0.717, 1.165) is 11.3 Å². The fourth-order valence-corrected chi connectivity index (χ4v) is 7.40. The number of fused-ring (bicyclic) bond motifs is 5. The standard InChI is InChI=1S/C36H29NO6/c1-41-27-19-18-25(32(42-2)33(27)43-3)29-30(31(38)22-12-5-4-6-13-22)37-26-16-10-7-11-21(26)17-20-28(37)36(29)34(39)23-14-8-9-15-24(23)35(36)40/h4-20,28-30H,1-3H3/t28-,29-,30+/m0/s1. The lowest BCUT2D eigenvalue weighted by Crippen LogP contribution is -2.48. The van der Waals surface area contributed by atoms with Crippen LogP contribution in [0.4, 0.5) is 5.69 Å². The number of rotatable bonds is 6. The van der Waals surface area contributed by atoms with E-state index in [4.69, 9.17) is 14.2 Å². The molecule has 2 aliphatic heterocycles. The van der Waals surface area contributed by atoms with Gasteiger partial charge >= 0.3 is 0 Å². The SMILES string of the molecule is COc1ccc([C@H]2[C@H](C(=O)c3ccccc3)N3c4ccccc4C=C[C@H]3C23C(=O)c2ccccc2C3=O)c(OC)c1OC. The first-order valence-corrected chi connectivity index (χ1v) is 14.1. The fraction of sp³-hybridized carbons (Fsp3) is 0.194. The summed E-state index contributed by atoms with van der Waals surface area (Å²) in [6.45, 7) is 0. The molecule has 1 saturated heterocycles. The molecule has 0 amide bonds. The first kappa shape index (κ1) is 26.7. The summed E-state index contributed by atoms with van der Waals surface area (Å²) in [6.07, 6.45) is 3.85. The van der Waals surface area contributed by atoms with Gasteiger partial charge in [-0.1, -0.05) is 91.0 Å². The van der Waals surface area contributed by atoms with Crippen molar-refractivity contribution in [3.05, 3.63) is 125 Å². The van der Waals surface area contributed by atoms with E-state index < -0.39 is 23.4 Å². The lowest BCUT2D eigenvalue weighted by molar-refractivity contribution is 0.0664. The largest absolute Gasteiger partial charge is 0.493 e. The summed E-state index contributed by atoms with van der Waals surface area (Å²) in [6, 6.07) is 25.5. The minimum atomic E-state index is -1.66. The molecular weight excluding hydrogens is 542 g/mol. The molecule has 3 aliphatic rings. The second-order valence-corrected chi connectivity index (χ2v) is 10.9. The minimum absolute atomic E-state index is 0.203. The van der Waals surface area contributed by atoms with Crippen LogP contribution in [0.1, 0.15) is 48.1 Å². The van der Waals surface area contributed by atoms with Crippen LogP contribution >= 0.6 is 0 Å². The average Bonchev–Trinajstić information content (AvgIpc) is 3.49. The van der Waals surface area contributed by atoms with Crippen LogP contribution in [0, 0.1) is 5.41 Å². The topological polar surface area (TPSA) is 82.1 Å². The predicted octanol–water partition coefficient (Wildman–Crippen LogP) is 6.03. The molecule has 4 aromatic rings. The molecule has 0 aromatic heterocycles. The Labute approximate surface area is 249 Å². The number of nitrogens with zero attached hydrogens (tertiary/aromatic N) is 1. The molecule has 7 heteroatoms. The number of hydrogen-bond donors (Lipinski definition) is 0. The Hall–Kier alpha value is -5.17. The van der Waals surface area contributed by atoms with Crippen molar-refractivity contribution in [2.45, 2.75) is 18.0 Å². The summed E-state index contributed by atoms with van der Waals surface area (Å²) < 4.78 is 17.3.